The fraction of sp³-hybridized carbons (Fsp3) is 0.350. The van der Waals surface area contributed by atoms with Crippen molar-refractivity contribution in [2.45, 2.75) is 32.0 Å². The van der Waals surface area contributed by atoms with Gasteiger partial charge >= 0.3 is 0 Å². The molecule has 2 atom stereocenters. The van der Waals surface area contributed by atoms with Crippen LogP contribution in [-0.4, -0.2) is 24.5 Å². The van der Waals surface area contributed by atoms with Crippen molar-refractivity contribution in [2.75, 3.05) is 13.6 Å². The summed E-state index contributed by atoms with van der Waals surface area (Å²) in [6.07, 6.45) is 0.816. The number of nitriles is 1. The van der Waals surface area contributed by atoms with Crippen LogP contribution < -0.4 is 5.32 Å². The molecule has 0 fully saturated rings. The van der Waals surface area contributed by atoms with Crippen LogP contribution in [0.25, 0.3) is 0 Å². The Balaban J connectivity index is 1.81. The zero-order valence-corrected chi connectivity index (χ0v) is 13.9. The second kappa shape index (κ2) is 9.09. The van der Waals surface area contributed by atoms with Gasteiger partial charge in [0.05, 0.1) is 12.1 Å². The smallest absolute Gasteiger partial charge is 0.0992 e. The Morgan fingerprint density at radius 2 is 1.65 bits per heavy atom. The molecule has 0 saturated carbocycles. The van der Waals surface area contributed by atoms with Crippen LogP contribution in [0.15, 0.2) is 60.7 Å². The van der Waals surface area contributed by atoms with E-state index in [4.69, 9.17) is 0 Å². The monoisotopic (exact) mass is 307 g/mol. The van der Waals surface area contributed by atoms with Crippen molar-refractivity contribution >= 4 is 0 Å². The first-order valence-electron chi connectivity index (χ1n) is 8.13. The van der Waals surface area contributed by atoms with E-state index in [1.54, 1.807) is 0 Å². The summed E-state index contributed by atoms with van der Waals surface area (Å²) in [6, 6.07) is 23.2. The van der Waals surface area contributed by atoms with Gasteiger partial charge in [-0.3, -0.25) is 4.90 Å². The molecule has 120 valence electrons. The average molecular weight is 307 g/mol. The van der Waals surface area contributed by atoms with Gasteiger partial charge in [0.25, 0.3) is 0 Å². The van der Waals surface area contributed by atoms with E-state index in [1.807, 2.05) is 43.4 Å². The molecule has 23 heavy (non-hydrogen) atoms. The molecule has 0 radical (unpaired) electrons. The van der Waals surface area contributed by atoms with Crippen LogP contribution in [0.3, 0.4) is 0 Å². The van der Waals surface area contributed by atoms with Crippen molar-refractivity contribution in [1.29, 1.82) is 5.26 Å². The molecule has 3 heteroatoms. The number of hydrogen-bond donors (Lipinski definition) is 1. The van der Waals surface area contributed by atoms with Crippen LogP contribution in [-0.2, 0) is 6.54 Å². The van der Waals surface area contributed by atoms with Gasteiger partial charge in [-0.25, -0.2) is 0 Å². The summed E-state index contributed by atoms with van der Waals surface area (Å²) in [6.45, 7) is 3.83. The first kappa shape index (κ1) is 17.2. The summed E-state index contributed by atoms with van der Waals surface area (Å²) >= 11 is 0. The van der Waals surface area contributed by atoms with Crippen molar-refractivity contribution < 1.29 is 0 Å². The minimum absolute atomic E-state index is 0.0894. The van der Waals surface area contributed by atoms with Crippen molar-refractivity contribution in [3.63, 3.8) is 0 Å². The number of nitrogens with one attached hydrogen (secondary N) is 1. The van der Waals surface area contributed by atoms with E-state index in [2.05, 4.69) is 47.5 Å². The van der Waals surface area contributed by atoms with Gasteiger partial charge in [0, 0.05) is 12.6 Å². The van der Waals surface area contributed by atoms with E-state index in [9.17, 15) is 5.26 Å². The van der Waals surface area contributed by atoms with Crippen molar-refractivity contribution in [1.82, 2.24) is 10.2 Å². The molecule has 1 N–H and O–H groups in total. The standard InChI is InChI=1S/C20H25N3/c1-17(19-11-7-4-8-12-19)23(2)20(15-21)13-14-22-16-18-9-5-3-6-10-18/h3-12,17,20,22H,13-14,16H2,1-2H3/t17-,20-/m0/s1. The molecule has 0 spiro atoms. The maximum Gasteiger partial charge on any atom is 0.0992 e. The third-order valence-corrected chi connectivity index (χ3v) is 4.30. The quantitative estimate of drug-likeness (QED) is 0.755. The van der Waals surface area contributed by atoms with E-state index in [0.29, 0.717) is 0 Å². The first-order valence-corrected chi connectivity index (χ1v) is 8.13. The normalized spacial score (nSPS) is 13.5. The van der Waals surface area contributed by atoms with Gasteiger partial charge in [-0.2, -0.15) is 5.26 Å². The summed E-state index contributed by atoms with van der Waals surface area (Å²) in [5.41, 5.74) is 2.51. The summed E-state index contributed by atoms with van der Waals surface area (Å²) in [7, 11) is 2.03. The number of nitrogens with zero attached hydrogens (tertiary/aromatic N) is 2. The molecule has 2 aromatic rings. The molecule has 3 nitrogen and oxygen atoms in total. The highest BCUT2D eigenvalue weighted by atomic mass is 15.2. The van der Waals surface area contributed by atoms with E-state index in [0.717, 1.165) is 19.5 Å². The molecule has 0 saturated heterocycles. The highest BCUT2D eigenvalue weighted by Crippen LogP contribution is 2.21. The third kappa shape index (κ3) is 5.21. The van der Waals surface area contributed by atoms with Gasteiger partial charge < -0.3 is 5.32 Å². The van der Waals surface area contributed by atoms with Crippen molar-refractivity contribution in [3.8, 4) is 6.07 Å². The zero-order valence-electron chi connectivity index (χ0n) is 13.9. The second-order valence-corrected chi connectivity index (χ2v) is 5.85. The third-order valence-electron chi connectivity index (χ3n) is 4.30. The Morgan fingerprint density at radius 1 is 1.04 bits per heavy atom. The Bertz CT molecular complexity index is 604. The van der Waals surface area contributed by atoms with Crippen molar-refractivity contribution in [2.24, 2.45) is 0 Å². The Morgan fingerprint density at radius 3 is 2.26 bits per heavy atom. The highest BCUT2D eigenvalue weighted by Gasteiger charge is 2.20. The maximum absolute atomic E-state index is 9.49. The fourth-order valence-electron chi connectivity index (χ4n) is 2.66. The summed E-state index contributed by atoms with van der Waals surface area (Å²) in [4.78, 5) is 2.15. The first-order chi connectivity index (χ1) is 11.2. The fourth-order valence-corrected chi connectivity index (χ4v) is 2.66. The average Bonchev–Trinajstić information content (AvgIpc) is 2.62. The molecule has 0 aliphatic rings. The van der Waals surface area contributed by atoms with Crippen LogP contribution in [0.1, 0.15) is 30.5 Å². The molecular formula is C20H25N3. The number of rotatable bonds is 8. The lowest BCUT2D eigenvalue weighted by molar-refractivity contribution is 0.212. The van der Waals surface area contributed by atoms with Crippen LogP contribution in [0.4, 0.5) is 0 Å². The molecule has 0 unspecified atom stereocenters. The zero-order chi connectivity index (χ0) is 16.5. The molecule has 0 aliphatic heterocycles. The van der Waals surface area contributed by atoms with Gasteiger partial charge in [0.2, 0.25) is 0 Å². The predicted molar refractivity (Wildman–Crippen MR) is 94.8 cm³/mol. The van der Waals surface area contributed by atoms with E-state index in [1.165, 1.54) is 11.1 Å². The minimum atomic E-state index is -0.0894. The second-order valence-electron chi connectivity index (χ2n) is 5.85. The van der Waals surface area contributed by atoms with Gasteiger partial charge in [0.1, 0.15) is 0 Å². The van der Waals surface area contributed by atoms with Gasteiger partial charge in [-0.15, -0.1) is 0 Å². The van der Waals surface area contributed by atoms with E-state index < -0.39 is 0 Å². The van der Waals surface area contributed by atoms with Gasteiger partial charge in [-0.1, -0.05) is 60.7 Å². The van der Waals surface area contributed by atoms with Crippen LogP contribution >= 0.6 is 0 Å². The molecule has 0 amide bonds. The summed E-state index contributed by atoms with van der Waals surface area (Å²) in [5, 5.41) is 12.9. The van der Waals surface area contributed by atoms with Crippen LogP contribution in [0.5, 0.6) is 0 Å². The Kier molecular flexibility index (Phi) is 6.80. The molecule has 0 aliphatic carbocycles. The molecule has 2 rings (SSSR count). The lowest BCUT2D eigenvalue weighted by Crippen LogP contribution is -2.35. The van der Waals surface area contributed by atoms with Gasteiger partial charge in [0.15, 0.2) is 0 Å². The molecule has 0 aromatic heterocycles. The number of benzene rings is 2. The molecule has 0 bridgehead atoms. The largest absolute Gasteiger partial charge is 0.313 e. The van der Waals surface area contributed by atoms with Crippen LogP contribution in [0, 0.1) is 11.3 Å². The van der Waals surface area contributed by atoms with E-state index >= 15 is 0 Å². The van der Waals surface area contributed by atoms with E-state index in [-0.39, 0.29) is 12.1 Å². The number of hydrogen-bond acceptors (Lipinski definition) is 3. The minimum Gasteiger partial charge on any atom is -0.313 e. The lowest BCUT2D eigenvalue weighted by atomic mass is 10.0. The Labute approximate surface area is 139 Å². The van der Waals surface area contributed by atoms with Gasteiger partial charge in [-0.05, 0) is 38.1 Å². The Hall–Kier alpha value is -2.15. The summed E-state index contributed by atoms with van der Waals surface area (Å²) in [5.74, 6) is 0. The highest BCUT2D eigenvalue weighted by molar-refractivity contribution is 5.19. The topological polar surface area (TPSA) is 39.1 Å². The lowest BCUT2D eigenvalue weighted by Gasteiger charge is -2.29. The SMILES string of the molecule is C[C@@H](c1ccccc1)N(C)[C@H](C#N)CCNCc1ccccc1. The van der Waals surface area contributed by atoms with Crippen LogP contribution in [0.2, 0.25) is 0 Å². The maximum atomic E-state index is 9.49. The molecule has 0 heterocycles. The molecule has 2 aromatic carbocycles. The van der Waals surface area contributed by atoms with Crippen molar-refractivity contribution in [3.05, 3.63) is 71.8 Å². The molecular weight excluding hydrogens is 282 g/mol. The predicted octanol–water partition coefficient (Wildman–Crippen LogP) is 3.75. The summed E-state index contributed by atoms with van der Waals surface area (Å²) < 4.78 is 0.